The molecular formula is C38H74O5Si3. The topological polar surface area (TPSA) is 68.2 Å². The van der Waals surface area contributed by atoms with E-state index in [-0.39, 0.29) is 15.1 Å². The summed E-state index contributed by atoms with van der Waals surface area (Å²) in [6.45, 7) is 36.3. The number of allylic oxidation sites excluding steroid dienone is 1. The van der Waals surface area contributed by atoms with Gasteiger partial charge in [-0.3, -0.25) is 0 Å². The van der Waals surface area contributed by atoms with Crippen LogP contribution in [0.4, 0.5) is 0 Å². The SMILES string of the molecule is CCCCCC=CC[C@@H](O[Si](C)(C)C(C)(C)C)C(O)C#CC#CC(O)[C@H](CCCCO[Si](C)(C)C(C)(C)C)O[Si](C)(C)C(C)(C)C. The van der Waals surface area contributed by atoms with Gasteiger partial charge in [0, 0.05) is 6.61 Å². The molecule has 0 rings (SSSR count). The molecule has 2 N–H and O–H groups in total. The zero-order valence-electron chi connectivity index (χ0n) is 32.9. The highest BCUT2D eigenvalue weighted by Crippen LogP contribution is 2.39. The molecule has 0 bridgehead atoms. The molecule has 0 aliphatic rings. The lowest BCUT2D eigenvalue weighted by molar-refractivity contribution is 0.0542. The Balaban J connectivity index is 5.75. The molecule has 0 heterocycles. The Kier molecular flexibility index (Phi) is 19.2. The molecule has 0 radical (unpaired) electrons. The lowest BCUT2D eigenvalue weighted by Gasteiger charge is -2.40. The predicted octanol–water partition coefficient (Wildman–Crippen LogP) is 10.2. The molecule has 5 nitrogen and oxygen atoms in total. The number of hydrogen-bond acceptors (Lipinski definition) is 5. The Morgan fingerprint density at radius 1 is 0.609 bits per heavy atom. The van der Waals surface area contributed by atoms with E-state index < -0.39 is 49.4 Å². The second kappa shape index (κ2) is 19.5. The summed E-state index contributed by atoms with van der Waals surface area (Å²) < 4.78 is 19.7. The van der Waals surface area contributed by atoms with Gasteiger partial charge in [0.1, 0.15) is 12.2 Å². The van der Waals surface area contributed by atoms with Gasteiger partial charge < -0.3 is 23.5 Å². The first-order valence-corrected chi connectivity index (χ1v) is 26.5. The van der Waals surface area contributed by atoms with Crippen molar-refractivity contribution in [2.75, 3.05) is 6.61 Å². The van der Waals surface area contributed by atoms with Crippen molar-refractivity contribution < 1.29 is 23.5 Å². The Morgan fingerprint density at radius 2 is 1.07 bits per heavy atom. The van der Waals surface area contributed by atoms with Crippen LogP contribution in [0.5, 0.6) is 0 Å². The highest BCUT2D eigenvalue weighted by molar-refractivity contribution is 6.74. The number of hydrogen-bond donors (Lipinski definition) is 2. The third kappa shape index (κ3) is 16.6. The van der Waals surface area contributed by atoms with Gasteiger partial charge in [-0.1, -0.05) is 106 Å². The van der Waals surface area contributed by atoms with E-state index in [0.29, 0.717) is 12.8 Å². The first-order valence-electron chi connectivity index (χ1n) is 17.8. The molecule has 268 valence electrons. The summed E-state index contributed by atoms with van der Waals surface area (Å²) in [5.41, 5.74) is 0. The first kappa shape index (κ1) is 45.3. The summed E-state index contributed by atoms with van der Waals surface area (Å²) in [7, 11) is -6.06. The number of rotatable bonds is 18. The highest BCUT2D eigenvalue weighted by Gasteiger charge is 2.41. The number of aliphatic hydroxyl groups is 2. The minimum atomic E-state index is -2.14. The van der Waals surface area contributed by atoms with Crippen LogP contribution in [0.2, 0.25) is 54.4 Å². The monoisotopic (exact) mass is 694 g/mol. The molecule has 0 aliphatic heterocycles. The zero-order chi connectivity index (χ0) is 36.0. The average Bonchev–Trinajstić information content (AvgIpc) is 2.89. The Labute approximate surface area is 289 Å². The van der Waals surface area contributed by atoms with Crippen molar-refractivity contribution in [3.8, 4) is 23.7 Å². The second-order valence-electron chi connectivity index (χ2n) is 17.6. The summed E-state index contributed by atoms with van der Waals surface area (Å²) >= 11 is 0. The van der Waals surface area contributed by atoms with Gasteiger partial charge >= 0.3 is 0 Å². The van der Waals surface area contributed by atoms with Gasteiger partial charge in [-0.05, 0) is 105 Å². The lowest BCUT2D eigenvalue weighted by atomic mass is 10.1. The van der Waals surface area contributed by atoms with Crippen LogP contribution < -0.4 is 0 Å². The fraction of sp³-hybridized carbons (Fsp3) is 0.842. The van der Waals surface area contributed by atoms with E-state index in [9.17, 15) is 10.2 Å². The molecule has 0 spiro atoms. The molecule has 0 aliphatic carbocycles. The third-order valence-corrected chi connectivity index (χ3v) is 23.9. The van der Waals surface area contributed by atoms with E-state index in [0.717, 1.165) is 25.9 Å². The number of aliphatic hydroxyl groups excluding tert-OH is 2. The minimum Gasteiger partial charge on any atom is -0.417 e. The molecule has 0 aromatic rings. The van der Waals surface area contributed by atoms with Crippen LogP contribution in [0, 0.1) is 23.7 Å². The summed E-state index contributed by atoms with van der Waals surface area (Å²) in [6, 6.07) is 0. The van der Waals surface area contributed by atoms with E-state index in [1.165, 1.54) is 19.3 Å². The van der Waals surface area contributed by atoms with E-state index in [1.54, 1.807) is 0 Å². The van der Waals surface area contributed by atoms with Crippen molar-refractivity contribution >= 4 is 25.0 Å². The van der Waals surface area contributed by atoms with Gasteiger partial charge in [0.25, 0.3) is 0 Å². The molecule has 4 atom stereocenters. The van der Waals surface area contributed by atoms with Crippen molar-refractivity contribution in [3.05, 3.63) is 12.2 Å². The maximum Gasteiger partial charge on any atom is 0.192 e. The molecule has 46 heavy (non-hydrogen) atoms. The highest BCUT2D eigenvalue weighted by atomic mass is 28.4. The average molecular weight is 695 g/mol. The Bertz CT molecular complexity index is 1020. The van der Waals surface area contributed by atoms with E-state index in [4.69, 9.17) is 13.3 Å². The summed E-state index contributed by atoms with van der Waals surface area (Å²) in [4.78, 5) is 0. The van der Waals surface area contributed by atoms with Gasteiger partial charge in [0.15, 0.2) is 25.0 Å². The largest absolute Gasteiger partial charge is 0.417 e. The van der Waals surface area contributed by atoms with Gasteiger partial charge in [0.05, 0.1) is 12.2 Å². The van der Waals surface area contributed by atoms with Crippen LogP contribution in [0.15, 0.2) is 12.2 Å². The normalized spacial score (nSPS) is 16.3. The number of unbranched alkanes of at least 4 members (excludes halogenated alkanes) is 4. The summed E-state index contributed by atoms with van der Waals surface area (Å²) in [5, 5.41) is 22.5. The molecule has 2 unspecified atom stereocenters. The molecule has 0 saturated heterocycles. The van der Waals surface area contributed by atoms with E-state index in [1.807, 2.05) is 0 Å². The van der Waals surface area contributed by atoms with Crippen molar-refractivity contribution in [1.82, 2.24) is 0 Å². The van der Waals surface area contributed by atoms with Gasteiger partial charge in [-0.25, -0.2) is 0 Å². The summed E-state index contributed by atoms with van der Waals surface area (Å²) in [6.07, 6.45) is 9.28. The van der Waals surface area contributed by atoms with Crippen molar-refractivity contribution in [2.24, 2.45) is 0 Å². The van der Waals surface area contributed by atoms with Crippen LogP contribution in [-0.2, 0) is 13.3 Å². The van der Waals surface area contributed by atoms with E-state index >= 15 is 0 Å². The Morgan fingerprint density at radius 3 is 1.52 bits per heavy atom. The fourth-order valence-corrected chi connectivity index (χ4v) is 7.67. The van der Waals surface area contributed by atoms with Crippen LogP contribution in [-0.4, -0.2) is 66.2 Å². The molecule has 0 aromatic carbocycles. The maximum absolute atomic E-state index is 11.2. The fourth-order valence-electron chi connectivity index (χ4n) is 3.89. The van der Waals surface area contributed by atoms with Gasteiger partial charge in [0.2, 0.25) is 0 Å². The molecule has 0 saturated carbocycles. The third-order valence-electron chi connectivity index (χ3n) is 10.4. The lowest BCUT2D eigenvalue weighted by Crippen LogP contribution is -2.47. The Hall–Kier alpha value is -0.689. The predicted molar refractivity (Wildman–Crippen MR) is 207 cm³/mol. The molecule has 8 heteroatoms. The van der Waals surface area contributed by atoms with Gasteiger partial charge in [-0.15, -0.1) is 0 Å². The standard InChI is InChI=1S/C38H74O5Si3/c1-17-18-19-20-21-22-29-34(42-45(13,14)37(5,6)7)32(39)27-23-24-28-33(40)35(43-46(15,16)38(8,9)10)30-25-26-31-41-44(11,12)36(2,3)4/h21-22,32-35,39-40H,17-20,25-26,29-31H2,1-16H3/t32?,33?,34-,35+/m1/s1. The molecular weight excluding hydrogens is 621 g/mol. The van der Waals surface area contributed by atoms with Gasteiger partial charge in [-0.2, -0.15) is 0 Å². The van der Waals surface area contributed by atoms with Crippen LogP contribution in [0.1, 0.15) is 121 Å². The molecule has 0 aromatic heterocycles. The zero-order valence-corrected chi connectivity index (χ0v) is 35.9. The van der Waals surface area contributed by atoms with Crippen molar-refractivity contribution in [3.63, 3.8) is 0 Å². The van der Waals surface area contributed by atoms with Crippen molar-refractivity contribution in [1.29, 1.82) is 0 Å². The van der Waals surface area contributed by atoms with Crippen molar-refractivity contribution in [2.45, 2.75) is 199 Å². The van der Waals surface area contributed by atoms with Crippen LogP contribution in [0.25, 0.3) is 0 Å². The maximum atomic E-state index is 11.2. The van der Waals surface area contributed by atoms with Crippen LogP contribution >= 0.6 is 0 Å². The quantitative estimate of drug-likeness (QED) is 0.0647. The smallest absolute Gasteiger partial charge is 0.192 e. The summed E-state index contributed by atoms with van der Waals surface area (Å²) in [5.74, 6) is 11.5. The van der Waals surface area contributed by atoms with E-state index in [2.05, 4.69) is 144 Å². The molecule has 0 amide bonds. The second-order valence-corrected chi connectivity index (χ2v) is 31.9. The van der Waals surface area contributed by atoms with Crippen LogP contribution in [0.3, 0.4) is 0 Å². The first-order chi connectivity index (χ1) is 20.8. The minimum absolute atomic E-state index is 0.0113. The molecule has 0 fully saturated rings.